The fourth-order valence-electron chi connectivity index (χ4n) is 5.18. The van der Waals surface area contributed by atoms with E-state index in [4.69, 9.17) is 9.72 Å². The molecule has 7 heteroatoms. The average Bonchev–Trinajstić information content (AvgIpc) is 3.42. The number of hydrogen-bond acceptors (Lipinski definition) is 6. The summed E-state index contributed by atoms with van der Waals surface area (Å²) in [6, 6.07) is 14.6. The number of benzene rings is 1. The van der Waals surface area contributed by atoms with Gasteiger partial charge in [0.25, 0.3) is 0 Å². The third-order valence-electron chi connectivity index (χ3n) is 7.43. The van der Waals surface area contributed by atoms with Crippen LogP contribution in [0.3, 0.4) is 0 Å². The summed E-state index contributed by atoms with van der Waals surface area (Å²) in [6.45, 7) is 6.66. The number of carbonyl (C=O) groups excluding carboxylic acids is 1. The molecule has 4 heterocycles. The van der Waals surface area contributed by atoms with Gasteiger partial charge in [-0.2, -0.15) is 0 Å². The van der Waals surface area contributed by atoms with Crippen LogP contribution < -0.4 is 4.74 Å². The molecule has 0 N–H and O–H groups in total. The molecule has 2 atom stereocenters. The van der Waals surface area contributed by atoms with E-state index in [9.17, 15) is 4.79 Å². The Balaban J connectivity index is 1.30. The third-order valence-corrected chi connectivity index (χ3v) is 7.43. The maximum absolute atomic E-state index is 11.6. The molecule has 1 saturated carbocycles. The Morgan fingerprint density at radius 3 is 2.80 bits per heavy atom. The summed E-state index contributed by atoms with van der Waals surface area (Å²) in [4.78, 5) is 19.0. The van der Waals surface area contributed by atoms with Crippen LogP contribution in [0.15, 0.2) is 48.7 Å². The fourth-order valence-corrected chi connectivity index (χ4v) is 5.18. The highest BCUT2D eigenvalue weighted by molar-refractivity contribution is 5.86. The van der Waals surface area contributed by atoms with Gasteiger partial charge in [-0.05, 0) is 75.3 Å². The fraction of sp³-hybridized carbons (Fsp3) is 0.429. The molecule has 1 aliphatic heterocycles. The molecular weight excluding hydrogens is 438 g/mol. The van der Waals surface area contributed by atoms with E-state index in [2.05, 4.69) is 46.4 Å². The first kappa shape index (κ1) is 22.2. The summed E-state index contributed by atoms with van der Waals surface area (Å²) in [6.07, 6.45) is 6.40. The Kier molecular flexibility index (Phi) is 5.72. The summed E-state index contributed by atoms with van der Waals surface area (Å²) in [5, 5.41) is 9.94. The van der Waals surface area contributed by atoms with Crippen molar-refractivity contribution in [2.75, 3.05) is 19.7 Å². The molecule has 0 radical (unpaired) electrons. The average molecular weight is 470 g/mol. The number of nitrogens with zero attached hydrogens (tertiary/aromatic N) is 5. The molecule has 2 aliphatic rings. The van der Waals surface area contributed by atoms with E-state index < -0.39 is 0 Å². The third kappa shape index (κ3) is 4.52. The van der Waals surface area contributed by atoms with Gasteiger partial charge in [0.05, 0.1) is 6.61 Å². The molecule has 4 aromatic rings. The second kappa shape index (κ2) is 9.04. The molecule has 2 fully saturated rings. The minimum atomic E-state index is 0.249. The van der Waals surface area contributed by atoms with Crippen LogP contribution in [0.4, 0.5) is 0 Å². The van der Waals surface area contributed by atoms with E-state index in [0.29, 0.717) is 18.3 Å². The number of hydrogen-bond donors (Lipinski definition) is 0. The van der Waals surface area contributed by atoms with Crippen LogP contribution in [0.2, 0.25) is 0 Å². The number of aromatic nitrogens is 4. The minimum Gasteiger partial charge on any atom is -0.491 e. The van der Waals surface area contributed by atoms with Crippen LogP contribution >= 0.6 is 0 Å². The van der Waals surface area contributed by atoms with Gasteiger partial charge in [0.15, 0.2) is 11.5 Å². The van der Waals surface area contributed by atoms with E-state index >= 15 is 0 Å². The molecule has 3 aromatic heterocycles. The molecule has 1 unspecified atom stereocenters. The second-order valence-electron chi connectivity index (χ2n) is 10.2. The van der Waals surface area contributed by atoms with Gasteiger partial charge in [-0.15, -0.1) is 10.2 Å². The van der Waals surface area contributed by atoms with Crippen molar-refractivity contribution in [3.05, 3.63) is 54.2 Å². The summed E-state index contributed by atoms with van der Waals surface area (Å²) in [7, 11) is 0. The molecule has 0 spiro atoms. The van der Waals surface area contributed by atoms with Gasteiger partial charge >= 0.3 is 0 Å². The quantitative estimate of drug-likeness (QED) is 0.358. The molecule has 35 heavy (non-hydrogen) atoms. The van der Waals surface area contributed by atoms with Crippen molar-refractivity contribution in [3.8, 4) is 17.3 Å². The lowest BCUT2D eigenvalue weighted by Gasteiger charge is -2.24. The highest BCUT2D eigenvalue weighted by atomic mass is 16.5. The number of carbonyl (C=O) groups is 1. The lowest BCUT2D eigenvalue weighted by Crippen LogP contribution is -2.25. The highest BCUT2D eigenvalue weighted by Crippen LogP contribution is 2.33. The maximum atomic E-state index is 11.6. The van der Waals surface area contributed by atoms with Gasteiger partial charge < -0.3 is 9.53 Å². The van der Waals surface area contributed by atoms with Crippen molar-refractivity contribution in [3.63, 3.8) is 0 Å². The van der Waals surface area contributed by atoms with Gasteiger partial charge in [-0.1, -0.05) is 24.3 Å². The zero-order valence-electron chi connectivity index (χ0n) is 20.4. The molecule has 1 aliphatic carbocycles. The van der Waals surface area contributed by atoms with Gasteiger partial charge in [0.2, 0.25) is 0 Å². The highest BCUT2D eigenvalue weighted by Gasteiger charge is 2.28. The van der Waals surface area contributed by atoms with Gasteiger partial charge in [0.1, 0.15) is 22.7 Å². The van der Waals surface area contributed by atoms with E-state index in [0.717, 1.165) is 59.9 Å². The zero-order chi connectivity index (χ0) is 23.9. The Morgan fingerprint density at radius 2 is 1.97 bits per heavy atom. The number of pyridine rings is 2. The van der Waals surface area contributed by atoms with E-state index in [1.807, 2.05) is 28.7 Å². The van der Waals surface area contributed by atoms with E-state index in [1.165, 1.54) is 18.4 Å². The van der Waals surface area contributed by atoms with Crippen LogP contribution in [0.5, 0.6) is 5.75 Å². The molecule has 180 valence electrons. The molecular formula is C28H31N5O2. The standard InChI is InChI=1S/C28H31N5O2/c1-18(34)14-21-12-13-32(15-21)19(2)23-9-11-26-30-31-28(33(26)16-23)24-10-8-22-4-3-5-25(27(22)29-24)35-17-20-6-7-20/h3-5,8-11,16,19-21H,6-7,12-15,17H2,1-2H3/t19?,21-/m1/s1. The normalized spacial score (nSPS) is 19.4. The molecule has 7 nitrogen and oxygen atoms in total. The SMILES string of the molecule is CC(=O)C[C@H]1CCN(C(C)c2ccc3nnc(-c4ccc5cccc(OCC6CC6)c5n4)n3c2)C1. The molecule has 0 amide bonds. The van der Waals surface area contributed by atoms with Crippen molar-refractivity contribution >= 4 is 22.3 Å². The van der Waals surface area contributed by atoms with Gasteiger partial charge in [0, 0.05) is 30.6 Å². The van der Waals surface area contributed by atoms with Crippen molar-refractivity contribution < 1.29 is 9.53 Å². The van der Waals surface area contributed by atoms with Crippen LogP contribution in [0, 0.1) is 11.8 Å². The molecule has 1 aromatic carbocycles. The molecule has 0 bridgehead atoms. The first-order valence-electron chi connectivity index (χ1n) is 12.7. The summed E-state index contributed by atoms with van der Waals surface area (Å²) >= 11 is 0. The predicted octanol–water partition coefficient (Wildman–Crippen LogP) is 5.10. The van der Waals surface area contributed by atoms with Crippen LogP contribution in [0.25, 0.3) is 28.1 Å². The zero-order valence-corrected chi connectivity index (χ0v) is 20.4. The van der Waals surface area contributed by atoms with Gasteiger partial charge in [-0.3, -0.25) is 9.30 Å². The lowest BCUT2D eigenvalue weighted by atomic mass is 10.0. The first-order valence-corrected chi connectivity index (χ1v) is 12.7. The predicted molar refractivity (Wildman–Crippen MR) is 135 cm³/mol. The molecule has 6 rings (SSSR count). The maximum Gasteiger partial charge on any atom is 0.187 e. The largest absolute Gasteiger partial charge is 0.491 e. The van der Waals surface area contributed by atoms with Crippen molar-refractivity contribution in [1.82, 2.24) is 24.5 Å². The lowest BCUT2D eigenvalue weighted by molar-refractivity contribution is -0.117. The van der Waals surface area contributed by atoms with Crippen molar-refractivity contribution in [1.29, 1.82) is 0 Å². The number of ether oxygens (including phenoxy) is 1. The van der Waals surface area contributed by atoms with Crippen molar-refractivity contribution in [2.24, 2.45) is 11.8 Å². The number of ketones is 1. The minimum absolute atomic E-state index is 0.249. The van der Waals surface area contributed by atoms with Crippen LogP contribution in [0.1, 0.15) is 51.1 Å². The monoisotopic (exact) mass is 469 g/mol. The van der Waals surface area contributed by atoms with Gasteiger partial charge in [-0.25, -0.2) is 4.98 Å². The Hall–Kier alpha value is -3.32. The summed E-state index contributed by atoms with van der Waals surface area (Å²) in [5.41, 5.74) is 3.64. The van der Waals surface area contributed by atoms with E-state index in [-0.39, 0.29) is 11.8 Å². The summed E-state index contributed by atoms with van der Waals surface area (Å²) < 4.78 is 8.15. The first-order chi connectivity index (χ1) is 17.0. The molecule has 1 saturated heterocycles. The number of Topliss-reactive ketones (excluding diaryl/α,β-unsaturated/α-hetero) is 1. The topological polar surface area (TPSA) is 72.6 Å². The Bertz CT molecular complexity index is 1390. The summed E-state index contributed by atoms with van der Waals surface area (Å²) in [5.74, 6) is 2.98. The number of fused-ring (bicyclic) bond motifs is 2. The van der Waals surface area contributed by atoms with E-state index in [1.54, 1.807) is 6.92 Å². The smallest absolute Gasteiger partial charge is 0.187 e. The van der Waals surface area contributed by atoms with Crippen LogP contribution in [-0.4, -0.2) is 50.0 Å². The van der Waals surface area contributed by atoms with Crippen LogP contribution in [-0.2, 0) is 4.79 Å². The number of likely N-dealkylation sites (tertiary alicyclic amines) is 1. The Morgan fingerprint density at radius 1 is 1.09 bits per heavy atom. The second-order valence-corrected chi connectivity index (χ2v) is 10.2. The number of rotatable bonds is 8. The Labute approximate surface area is 205 Å². The van der Waals surface area contributed by atoms with Crippen molar-refractivity contribution in [2.45, 2.75) is 45.6 Å². The number of para-hydroxylation sites is 1.